The molecule has 0 radical (unpaired) electrons. The van der Waals surface area contributed by atoms with E-state index in [1.165, 1.54) is 6.42 Å². The minimum atomic E-state index is 0.321. The molecule has 1 N–H and O–H groups in total. The Bertz CT molecular complexity index is 597. The number of aromatic nitrogens is 3. The molecule has 19 heavy (non-hydrogen) atoms. The van der Waals surface area contributed by atoms with Gasteiger partial charge in [-0.3, -0.25) is 4.40 Å². The smallest absolute Gasteiger partial charge is 0.228 e. The molecule has 1 atom stereocenters. The van der Waals surface area contributed by atoms with Gasteiger partial charge in [0.25, 0.3) is 0 Å². The van der Waals surface area contributed by atoms with Gasteiger partial charge in [-0.25, -0.2) is 0 Å². The number of nitrogens with zero attached hydrogens (tertiary/aromatic N) is 4. The second-order valence-electron chi connectivity index (χ2n) is 4.94. The van der Waals surface area contributed by atoms with Crippen LogP contribution in [0.4, 0.5) is 5.95 Å². The van der Waals surface area contributed by atoms with Crippen LogP contribution >= 0.6 is 23.2 Å². The Labute approximate surface area is 121 Å². The molecule has 1 saturated heterocycles. The molecule has 7 heteroatoms. The Hall–Kier alpha value is -1.04. The summed E-state index contributed by atoms with van der Waals surface area (Å²) in [6.07, 6.45) is 4.17. The number of nitrogens with one attached hydrogen (secondary N) is 1. The molecule has 1 aliphatic heterocycles. The summed E-state index contributed by atoms with van der Waals surface area (Å²) in [4.78, 5) is 2.31. The second-order valence-corrected chi connectivity index (χ2v) is 5.71. The number of hydrogen-bond donors (Lipinski definition) is 1. The van der Waals surface area contributed by atoms with Crippen molar-refractivity contribution >= 4 is 34.7 Å². The van der Waals surface area contributed by atoms with Crippen LogP contribution in [0.25, 0.3) is 5.52 Å². The summed E-state index contributed by atoms with van der Waals surface area (Å²) in [6, 6.07) is 2.17. The van der Waals surface area contributed by atoms with Crippen molar-refractivity contribution in [3.63, 3.8) is 0 Å². The van der Waals surface area contributed by atoms with E-state index < -0.39 is 0 Å². The van der Waals surface area contributed by atoms with Gasteiger partial charge < -0.3 is 10.2 Å². The van der Waals surface area contributed by atoms with E-state index in [-0.39, 0.29) is 0 Å². The van der Waals surface area contributed by atoms with E-state index in [0.29, 0.717) is 27.7 Å². The highest BCUT2D eigenvalue weighted by molar-refractivity contribution is 6.39. The van der Waals surface area contributed by atoms with Gasteiger partial charge in [0.05, 0.1) is 5.02 Å². The summed E-state index contributed by atoms with van der Waals surface area (Å²) in [5.74, 6) is 0.687. The summed E-state index contributed by atoms with van der Waals surface area (Å²) in [7, 11) is 2.13. The third kappa shape index (κ3) is 2.50. The molecule has 102 valence electrons. The lowest BCUT2D eigenvalue weighted by molar-refractivity contribution is 0.260. The average molecular weight is 300 g/mol. The molecule has 0 spiro atoms. The number of likely N-dealkylation sites (N-methyl/N-ethyl adjacent to an activating group) is 1. The number of piperidine rings is 1. The predicted molar refractivity (Wildman–Crippen MR) is 77.1 cm³/mol. The molecule has 2 aromatic rings. The van der Waals surface area contributed by atoms with Gasteiger partial charge >= 0.3 is 0 Å². The van der Waals surface area contributed by atoms with Gasteiger partial charge in [0.1, 0.15) is 5.52 Å². The van der Waals surface area contributed by atoms with E-state index in [2.05, 4.69) is 27.5 Å². The van der Waals surface area contributed by atoms with E-state index in [9.17, 15) is 0 Å². The van der Waals surface area contributed by atoms with Crippen LogP contribution in [0.1, 0.15) is 12.8 Å². The summed E-state index contributed by atoms with van der Waals surface area (Å²) in [6.45, 7) is 2.15. The SMILES string of the molecule is CN1CCC[C@@H](Nc2nnc(Cl)c3c(Cl)ccn23)C1. The Balaban J connectivity index is 1.91. The number of anilines is 1. The quantitative estimate of drug-likeness (QED) is 0.926. The van der Waals surface area contributed by atoms with Gasteiger partial charge in [0, 0.05) is 18.8 Å². The highest BCUT2D eigenvalue weighted by Crippen LogP contribution is 2.26. The third-order valence-corrected chi connectivity index (χ3v) is 4.01. The largest absolute Gasteiger partial charge is 0.350 e. The van der Waals surface area contributed by atoms with Crippen molar-refractivity contribution in [2.45, 2.75) is 18.9 Å². The van der Waals surface area contributed by atoms with Crippen molar-refractivity contribution in [3.8, 4) is 0 Å². The van der Waals surface area contributed by atoms with Crippen LogP contribution in [0.15, 0.2) is 12.3 Å². The van der Waals surface area contributed by atoms with E-state index in [1.54, 1.807) is 6.07 Å². The fourth-order valence-corrected chi connectivity index (χ4v) is 3.05. The molecule has 3 rings (SSSR count). The number of halogens is 2. The Morgan fingerprint density at radius 1 is 1.37 bits per heavy atom. The molecular weight excluding hydrogens is 285 g/mol. The topological polar surface area (TPSA) is 45.5 Å². The lowest BCUT2D eigenvalue weighted by atomic mass is 10.1. The van der Waals surface area contributed by atoms with Crippen molar-refractivity contribution in [1.82, 2.24) is 19.5 Å². The van der Waals surface area contributed by atoms with E-state index >= 15 is 0 Å². The van der Waals surface area contributed by atoms with Crippen molar-refractivity contribution in [1.29, 1.82) is 0 Å². The molecule has 5 nitrogen and oxygen atoms in total. The number of fused-ring (bicyclic) bond motifs is 1. The lowest BCUT2D eigenvalue weighted by Crippen LogP contribution is -2.40. The maximum Gasteiger partial charge on any atom is 0.228 e. The van der Waals surface area contributed by atoms with Gasteiger partial charge in [0.15, 0.2) is 5.15 Å². The molecule has 0 aliphatic carbocycles. The monoisotopic (exact) mass is 299 g/mol. The first kappa shape index (κ1) is 13.0. The zero-order valence-electron chi connectivity index (χ0n) is 10.6. The fourth-order valence-electron chi connectivity index (χ4n) is 2.53. The summed E-state index contributed by atoms with van der Waals surface area (Å²) in [5.41, 5.74) is 0.699. The van der Waals surface area contributed by atoms with Crippen molar-refractivity contribution < 1.29 is 0 Å². The normalized spacial score (nSPS) is 20.9. The Kier molecular flexibility index (Phi) is 3.52. The maximum atomic E-state index is 6.11. The van der Waals surface area contributed by atoms with Gasteiger partial charge in [-0.2, -0.15) is 0 Å². The average Bonchev–Trinajstić information content (AvgIpc) is 2.76. The van der Waals surface area contributed by atoms with Gasteiger partial charge in [-0.15, -0.1) is 10.2 Å². The Morgan fingerprint density at radius 2 is 2.21 bits per heavy atom. The first-order chi connectivity index (χ1) is 9.15. The van der Waals surface area contributed by atoms with Crippen molar-refractivity contribution in [3.05, 3.63) is 22.4 Å². The van der Waals surface area contributed by atoms with Crippen LogP contribution in [0.5, 0.6) is 0 Å². The van der Waals surface area contributed by atoms with Crippen LogP contribution in [-0.2, 0) is 0 Å². The molecule has 0 saturated carbocycles. The van der Waals surface area contributed by atoms with Crippen LogP contribution < -0.4 is 5.32 Å². The van der Waals surface area contributed by atoms with E-state index in [1.807, 2.05) is 10.6 Å². The first-order valence-electron chi connectivity index (χ1n) is 6.29. The lowest BCUT2D eigenvalue weighted by Gasteiger charge is -2.30. The molecule has 1 aliphatic rings. The number of hydrogen-bond acceptors (Lipinski definition) is 4. The molecule has 1 fully saturated rings. The highest BCUT2D eigenvalue weighted by atomic mass is 35.5. The van der Waals surface area contributed by atoms with Crippen LogP contribution in [0.3, 0.4) is 0 Å². The molecule has 0 amide bonds. The molecule has 3 heterocycles. The molecule has 0 bridgehead atoms. The number of rotatable bonds is 2. The highest BCUT2D eigenvalue weighted by Gasteiger charge is 2.19. The minimum Gasteiger partial charge on any atom is -0.350 e. The van der Waals surface area contributed by atoms with Gasteiger partial charge in [-0.1, -0.05) is 23.2 Å². The summed E-state index contributed by atoms with van der Waals surface area (Å²) in [5, 5.41) is 12.4. The van der Waals surface area contributed by atoms with Crippen LogP contribution in [0.2, 0.25) is 10.2 Å². The fraction of sp³-hybridized carbons (Fsp3) is 0.500. The van der Waals surface area contributed by atoms with Gasteiger partial charge in [0.2, 0.25) is 5.95 Å². The summed E-state index contributed by atoms with van der Waals surface area (Å²) < 4.78 is 1.85. The van der Waals surface area contributed by atoms with Gasteiger partial charge in [-0.05, 0) is 32.5 Å². The number of likely N-dealkylation sites (tertiary alicyclic amines) is 1. The minimum absolute atomic E-state index is 0.321. The molecule has 0 unspecified atom stereocenters. The predicted octanol–water partition coefficient (Wildman–Crippen LogP) is 2.54. The van der Waals surface area contributed by atoms with Crippen LogP contribution in [-0.4, -0.2) is 45.7 Å². The van der Waals surface area contributed by atoms with Crippen molar-refractivity contribution in [2.24, 2.45) is 0 Å². The van der Waals surface area contributed by atoms with E-state index in [4.69, 9.17) is 23.2 Å². The van der Waals surface area contributed by atoms with E-state index in [0.717, 1.165) is 19.5 Å². The standard InChI is InChI=1S/C12H15Cl2N5/c1-18-5-2-3-8(7-18)15-12-17-16-11(14)10-9(13)4-6-19(10)12/h4,6,8H,2-3,5,7H2,1H3,(H,15,17)/t8-/m1/s1. The molecule has 2 aromatic heterocycles. The summed E-state index contributed by atoms with van der Waals surface area (Å²) >= 11 is 12.1. The zero-order chi connectivity index (χ0) is 13.4. The maximum absolute atomic E-state index is 6.11. The molecular formula is C12H15Cl2N5. The zero-order valence-corrected chi connectivity index (χ0v) is 12.1. The van der Waals surface area contributed by atoms with Crippen molar-refractivity contribution in [2.75, 3.05) is 25.5 Å². The second kappa shape index (κ2) is 5.15. The third-order valence-electron chi connectivity index (χ3n) is 3.45. The molecule has 0 aromatic carbocycles. The first-order valence-corrected chi connectivity index (χ1v) is 7.04. The van der Waals surface area contributed by atoms with Crippen LogP contribution in [0, 0.1) is 0 Å². The Morgan fingerprint density at radius 3 is 3.00 bits per heavy atom.